The van der Waals surface area contributed by atoms with E-state index in [2.05, 4.69) is 20.2 Å². The number of aliphatic hydroxyl groups is 2. The van der Waals surface area contributed by atoms with E-state index in [0.717, 1.165) is 22.6 Å². The topological polar surface area (TPSA) is 163 Å². The van der Waals surface area contributed by atoms with Crippen LogP contribution < -0.4 is 21.9 Å². The van der Waals surface area contributed by atoms with E-state index in [1.165, 1.54) is 5.01 Å². The summed E-state index contributed by atoms with van der Waals surface area (Å²) in [5.74, 6) is 5.86. The number of amides is 1. The molecule has 1 saturated heterocycles. The lowest BCUT2D eigenvalue weighted by molar-refractivity contribution is -0.162. The van der Waals surface area contributed by atoms with Crippen molar-refractivity contribution in [3.63, 3.8) is 0 Å². The molecule has 4 rings (SSSR count). The number of anilines is 1. The Labute approximate surface area is 234 Å². The van der Waals surface area contributed by atoms with E-state index in [9.17, 15) is 15.0 Å². The summed E-state index contributed by atoms with van der Waals surface area (Å²) in [6.07, 6.45) is 2.90. The Morgan fingerprint density at radius 1 is 1.02 bits per heavy atom. The zero-order chi connectivity index (χ0) is 28.3. The molecule has 0 bridgehead atoms. The van der Waals surface area contributed by atoms with Crippen LogP contribution in [0, 0.1) is 0 Å². The van der Waals surface area contributed by atoms with Gasteiger partial charge in [-0.15, -0.1) is 0 Å². The minimum atomic E-state index is -1.22. The van der Waals surface area contributed by atoms with Gasteiger partial charge in [-0.1, -0.05) is 24.3 Å². The standard InChI is InChI=1S/C29H37N7O4/c30-22(17-35(19-23-5-1-3-13-32-23)20-24-6-2-4-14-33-24)18-36(31)25-9-7-21(8-10-25)11-15-34-29(39)28-27(38)26(37)12-16-40-28/h1-10,13-14,18,26-28,37-38H,11-12,15-17,19-20,30-31H2,(H,34,39)/b22-18-. The van der Waals surface area contributed by atoms with E-state index in [1.807, 2.05) is 60.7 Å². The van der Waals surface area contributed by atoms with Crippen molar-refractivity contribution >= 4 is 11.6 Å². The van der Waals surface area contributed by atoms with Crippen LogP contribution in [0.1, 0.15) is 23.4 Å². The maximum atomic E-state index is 12.3. The molecule has 1 aliphatic rings. The predicted molar refractivity (Wildman–Crippen MR) is 151 cm³/mol. The molecule has 212 valence electrons. The number of nitrogens with two attached hydrogens (primary N) is 2. The summed E-state index contributed by atoms with van der Waals surface area (Å²) in [5.41, 5.74) is 10.6. The highest BCUT2D eigenvalue weighted by molar-refractivity contribution is 5.81. The van der Waals surface area contributed by atoms with Crippen LogP contribution in [0.15, 0.2) is 85.0 Å². The molecule has 0 radical (unpaired) electrons. The van der Waals surface area contributed by atoms with Crippen LogP contribution in [0.2, 0.25) is 0 Å². The quantitative estimate of drug-likeness (QED) is 0.162. The monoisotopic (exact) mass is 547 g/mol. The van der Waals surface area contributed by atoms with Gasteiger partial charge in [0.1, 0.15) is 6.10 Å². The number of rotatable bonds is 12. The molecular formula is C29H37N7O4. The number of hydrazine groups is 1. The average molecular weight is 548 g/mol. The largest absolute Gasteiger partial charge is 0.400 e. The van der Waals surface area contributed by atoms with Crippen molar-refractivity contribution in [3.05, 3.63) is 102 Å². The first-order valence-corrected chi connectivity index (χ1v) is 13.3. The molecule has 1 aromatic carbocycles. The SMILES string of the molecule is N/C(=C\N(N)c1ccc(CCNC(=O)C2OCCC(O)C2O)cc1)CN(Cc1ccccn1)Cc1ccccn1. The lowest BCUT2D eigenvalue weighted by Crippen LogP contribution is -2.52. The van der Waals surface area contributed by atoms with Crippen LogP contribution in [0.25, 0.3) is 0 Å². The molecule has 0 saturated carbocycles. The highest BCUT2D eigenvalue weighted by Crippen LogP contribution is 2.16. The van der Waals surface area contributed by atoms with Crippen molar-refractivity contribution in [2.45, 2.75) is 44.2 Å². The number of nitrogens with zero attached hydrogens (tertiary/aromatic N) is 4. The fourth-order valence-electron chi connectivity index (χ4n) is 4.44. The normalized spacial score (nSPS) is 19.4. The number of hydrogen-bond acceptors (Lipinski definition) is 10. The van der Waals surface area contributed by atoms with E-state index in [1.54, 1.807) is 18.6 Å². The Morgan fingerprint density at radius 3 is 2.27 bits per heavy atom. The second kappa shape index (κ2) is 14.5. The van der Waals surface area contributed by atoms with Crippen LogP contribution >= 0.6 is 0 Å². The minimum absolute atomic E-state index is 0.235. The molecule has 0 spiro atoms. The van der Waals surface area contributed by atoms with Gasteiger partial charge in [0.25, 0.3) is 5.91 Å². The highest BCUT2D eigenvalue weighted by atomic mass is 16.5. The zero-order valence-corrected chi connectivity index (χ0v) is 22.3. The number of nitrogens with one attached hydrogen (secondary N) is 1. The maximum Gasteiger partial charge on any atom is 0.251 e. The van der Waals surface area contributed by atoms with Crippen molar-refractivity contribution in [2.75, 3.05) is 24.7 Å². The van der Waals surface area contributed by atoms with Crippen molar-refractivity contribution in [1.82, 2.24) is 20.2 Å². The molecule has 11 nitrogen and oxygen atoms in total. The van der Waals surface area contributed by atoms with E-state index in [-0.39, 0.29) is 6.61 Å². The third kappa shape index (κ3) is 8.57. The number of ether oxygens (including phenoxy) is 1. The van der Waals surface area contributed by atoms with Crippen LogP contribution in [0.3, 0.4) is 0 Å². The lowest BCUT2D eigenvalue weighted by atomic mass is 10.0. The Hall–Kier alpha value is -3.87. The molecule has 3 aromatic rings. The van der Waals surface area contributed by atoms with Gasteiger partial charge in [-0.25, -0.2) is 5.84 Å². The lowest BCUT2D eigenvalue weighted by Gasteiger charge is -2.30. The van der Waals surface area contributed by atoms with Gasteiger partial charge in [0.2, 0.25) is 0 Å². The highest BCUT2D eigenvalue weighted by Gasteiger charge is 2.36. The Kier molecular flexibility index (Phi) is 10.6. The summed E-state index contributed by atoms with van der Waals surface area (Å²) in [5, 5.41) is 24.0. The molecule has 11 heteroatoms. The summed E-state index contributed by atoms with van der Waals surface area (Å²) in [4.78, 5) is 23.3. The number of benzene rings is 1. The smallest absolute Gasteiger partial charge is 0.251 e. The molecule has 3 heterocycles. The second-order valence-corrected chi connectivity index (χ2v) is 9.74. The van der Waals surface area contributed by atoms with Crippen molar-refractivity contribution in [3.8, 4) is 0 Å². The van der Waals surface area contributed by atoms with Gasteiger partial charge in [-0.2, -0.15) is 0 Å². The molecule has 1 fully saturated rings. The van der Waals surface area contributed by atoms with E-state index in [0.29, 0.717) is 44.7 Å². The summed E-state index contributed by atoms with van der Waals surface area (Å²) in [7, 11) is 0. The number of carbonyl (C=O) groups excluding carboxylic acids is 1. The maximum absolute atomic E-state index is 12.3. The van der Waals surface area contributed by atoms with E-state index in [4.69, 9.17) is 16.3 Å². The van der Waals surface area contributed by atoms with E-state index >= 15 is 0 Å². The molecule has 1 aliphatic heterocycles. The van der Waals surface area contributed by atoms with Gasteiger partial charge in [-0.05, 0) is 54.8 Å². The number of carbonyl (C=O) groups is 1. The summed E-state index contributed by atoms with van der Waals surface area (Å²) >= 11 is 0. The Balaban J connectivity index is 1.30. The van der Waals surface area contributed by atoms with Gasteiger partial charge >= 0.3 is 0 Å². The van der Waals surface area contributed by atoms with E-state index < -0.39 is 24.2 Å². The molecule has 7 N–H and O–H groups in total. The first-order chi connectivity index (χ1) is 19.4. The Morgan fingerprint density at radius 2 is 1.68 bits per heavy atom. The molecule has 3 atom stereocenters. The second-order valence-electron chi connectivity index (χ2n) is 9.74. The zero-order valence-electron chi connectivity index (χ0n) is 22.3. The fourth-order valence-corrected chi connectivity index (χ4v) is 4.44. The van der Waals surface area contributed by atoms with Crippen LogP contribution in [0.5, 0.6) is 0 Å². The van der Waals surface area contributed by atoms with Crippen LogP contribution in [-0.2, 0) is 29.0 Å². The van der Waals surface area contributed by atoms with Gasteiger partial charge in [0.05, 0.1) is 29.8 Å². The number of aromatic nitrogens is 2. The summed E-state index contributed by atoms with van der Waals surface area (Å²) < 4.78 is 5.32. The van der Waals surface area contributed by atoms with Crippen molar-refractivity contribution in [2.24, 2.45) is 11.6 Å². The van der Waals surface area contributed by atoms with Crippen LogP contribution in [0.4, 0.5) is 5.69 Å². The van der Waals surface area contributed by atoms with Crippen molar-refractivity contribution < 1.29 is 19.7 Å². The minimum Gasteiger partial charge on any atom is -0.400 e. The Bertz CT molecular complexity index is 1190. The average Bonchev–Trinajstić information content (AvgIpc) is 2.95. The van der Waals surface area contributed by atoms with Crippen molar-refractivity contribution in [1.29, 1.82) is 0 Å². The summed E-state index contributed by atoms with van der Waals surface area (Å²) in [6, 6.07) is 19.3. The number of pyridine rings is 2. The molecular weight excluding hydrogens is 510 g/mol. The first kappa shape index (κ1) is 29.1. The van der Waals surface area contributed by atoms with Gasteiger partial charge in [0, 0.05) is 50.5 Å². The van der Waals surface area contributed by atoms with Gasteiger partial charge in [0.15, 0.2) is 6.10 Å². The predicted octanol–water partition coefficient (Wildman–Crippen LogP) is 0.829. The first-order valence-electron chi connectivity index (χ1n) is 13.3. The molecule has 3 unspecified atom stereocenters. The number of aliphatic hydroxyl groups excluding tert-OH is 2. The van der Waals surface area contributed by atoms with Gasteiger partial charge in [-0.3, -0.25) is 24.7 Å². The molecule has 40 heavy (non-hydrogen) atoms. The third-order valence-corrected chi connectivity index (χ3v) is 6.56. The molecule has 0 aliphatic carbocycles. The molecule has 2 aromatic heterocycles. The van der Waals surface area contributed by atoms with Crippen LogP contribution in [-0.4, -0.2) is 69.0 Å². The number of hydrogen-bond donors (Lipinski definition) is 5. The third-order valence-electron chi connectivity index (χ3n) is 6.56. The summed E-state index contributed by atoms with van der Waals surface area (Å²) in [6.45, 7) is 2.28. The molecule has 1 amide bonds. The fraction of sp³-hybridized carbons (Fsp3) is 0.345. The van der Waals surface area contributed by atoms with Gasteiger partial charge < -0.3 is 26.0 Å².